The molecule has 0 unspecified atom stereocenters. The van der Waals surface area contributed by atoms with Crippen LogP contribution < -0.4 is 14.8 Å². The van der Waals surface area contributed by atoms with Crippen molar-refractivity contribution in [2.75, 3.05) is 25.0 Å². The highest BCUT2D eigenvalue weighted by molar-refractivity contribution is 5.97. The molecule has 7 nitrogen and oxygen atoms in total. The standard InChI is InChI=1S/C34H34F3N3O4/c1-2-40-13-10-19(11-14-40)15-20-3-4-21(16-26(20)34(35,36)37)27(41)18-25-31-24-17-22(5-7-28(24)44-32(25)31)43-29-9-12-38-33-23(29)6-8-30(42)39-33/h3-5,7,9,12,16-17,19,25,31-32H,2,6,8,10-11,13-15,18H2,1H3,(H,38,39,42)/t25-,31-,32+/m0/s1. The fourth-order valence-electron chi connectivity index (χ4n) is 7.08. The number of benzene rings is 2. The second-order valence-electron chi connectivity index (χ2n) is 12.3. The van der Waals surface area contributed by atoms with Crippen LogP contribution in [0, 0.1) is 11.8 Å². The topological polar surface area (TPSA) is 80.8 Å². The van der Waals surface area contributed by atoms with Crippen LogP contribution in [0.4, 0.5) is 19.0 Å². The number of ketones is 1. The van der Waals surface area contributed by atoms with E-state index in [0.717, 1.165) is 55.4 Å². The highest BCUT2D eigenvalue weighted by atomic mass is 19.4. The number of piperidine rings is 1. The second kappa shape index (κ2) is 11.2. The van der Waals surface area contributed by atoms with Crippen LogP contribution in [0.15, 0.2) is 48.7 Å². The number of nitrogens with zero attached hydrogens (tertiary/aromatic N) is 2. The minimum Gasteiger partial charge on any atom is -0.489 e. The Morgan fingerprint density at radius 3 is 2.70 bits per heavy atom. The van der Waals surface area contributed by atoms with E-state index >= 15 is 0 Å². The summed E-state index contributed by atoms with van der Waals surface area (Å²) >= 11 is 0. The lowest BCUT2D eigenvalue weighted by Crippen LogP contribution is -2.34. The molecule has 10 heteroatoms. The second-order valence-corrected chi connectivity index (χ2v) is 12.3. The molecule has 0 bridgehead atoms. The number of carbonyl (C=O) groups is 2. The average Bonchev–Trinajstić information content (AvgIpc) is 3.53. The van der Waals surface area contributed by atoms with Crippen molar-refractivity contribution in [2.45, 2.75) is 63.6 Å². The lowest BCUT2D eigenvalue weighted by molar-refractivity contribution is -0.138. The van der Waals surface area contributed by atoms with Gasteiger partial charge in [-0.3, -0.25) is 9.59 Å². The molecule has 1 aromatic heterocycles. The number of likely N-dealkylation sites (tertiary alicyclic amines) is 1. The van der Waals surface area contributed by atoms with Crippen LogP contribution in [-0.2, 0) is 23.8 Å². The van der Waals surface area contributed by atoms with E-state index in [2.05, 4.69) is 22.1 Å². The van der Waals surface area contributed by atoms with Crippen molar-refractivity contribution in [1.29, 1.82) is 0 Å². The van der Waals surface area contributed by atoms with Crippen LogP contribution in [0.1, 0.15) is 71.1 Å². The smallest absolute Gasteiger partial charge is 0.416 e. The molecule has 1 aliphatic carbocycles. The molecule has 230 valence electrons. The molecule has 3 aliphatic heterocycles. The summed E-state index contributed by atoms with van der Waals surface area (Å²) in [6.07, 6.45) is 0.0272. The van der Waals surface area contributed by atoms with Crippen LogP contribution in [0.5, 0.6) is 17.2 Å². The maximum Gasteiger partial charge on any atom is 0.416 e. The molecule has 1 saturated heterocycles. The quantitative estimate of drug-likeness (QED) is 0.285. The van der Waals surface area contributed by atoms with Crippen LogP contribution in [-0.4, -0.2) is 47.3 Å². The number of halogens is 3. The molecule has 44 heavy (non-hydrogen) atoms. The Labute approximate surface area is 253 Å². The van der Waals surface area contributed by atoms with Crippen molar-refractivity contribution in [3.63, 3.8) is 0 Å². The Morgan fingerprint density at radius 2 is 1.93 bits per heavy atom. The number of anilines is 1. The van der Waals surface area contributed by atoms with E-state index in [4.69, 9.17) is 9.47 Å². The number of hydrogen-bond donors (Lipinski definition) is 1. The summed E-state index contributed by atoms with van der Waals surface area (Å²) in [5, 5.41) is 2.77. The number of carbonyl (C=O) groups excluding carboxylic acids is 2. The number of aromatic nitrogens is 1. The molecule has 3 aromatic rings. The average molecular weight is 606 g/mol. The molecule has 2 fully saturated rings. The van der Waals surface area contributed by atoms with Gasteiger partial charge in [0.1, 0.15) is 29.2 Å². The minimum atomic E-state index is -4.52. The maximum atomic E-state index is 14.1. The van der Waals surface area contributed by atoms with Crippen molar-refractivity contribution in [3.05, 3.63) is 76.5 Å². The third-order valence-corrected chi connectivity index (χ3v) is 9.62. The summed E-state index contributed by atoms with van der Waals surface area (Å²) in [6.45, 7) is 4.88. The van der Waals surface area contributed by atoms with Gasteiger partial charge in [-0.15, -0.1) is 0 Å². The minimum absolute atomic E-state index is 0.0153. The third kappa shape index (κ3) is 5.56. The molecule has 4 aliphatic rings. The van der Waals surface area contributed by atoms with Crippen molar-refractivity contribution < 1.29 is 32.2 Å². The molecule has 2 aromatic carbocycles. The zero-order chi connectivity index (χ0) is 30.6. The van der Waals surface area contributed by atoms with Gasteiger partial charge in [0.05, 0.1) is 5.56 Å². The molecule has 0 spiro atoms. The largest absolute Gasteiger partial charge is 0.489 e. The Morgan fingerprint density at radius 1 is 1.11 bits per heavy atom. The van der Waals surface area contributed by atoms with Gasteiger partial charge in [-0.05, 0) is 87.1 Å². The van der Waals surface area contributed by atoms with E-state index in [9.17, 15) is 22.8 Å². The molecule has 0 radical (unpaired) electrons. The molecule has 7 rings (SSSR count). The predicted octanol–water partition coefficient (Wildman–Crippen LogP) is 6.80. The Balaban J connectivity index is 1.03. The SMILES string of the molecule is CCN1CCC(Cc2ccc(C(=O)C[C@@H]3[C@H]4Oc5ccc(Oc6ccnc7c6CCC(=O)N7)cc5[C@@H]34)cc2C(F)(F)F)CC1. The number of nitrogens with one attached hydrogen (secondary N) is 1. The number of rotatable bonds is 8. The van der Waals surface area contributed by atoms with Gasteiger partial charge in [0.15, 0.2) is 5.78 Å². The van der Waals surface area contributed by atoms with Crippen molar-refractivity contribution in [3.8, 4) is 17.2 Å². The van der Waals surface area contributed by atoms with Crippen molar-refractivity contribution in [2.24, 2.45) is 11.8 Å². The molecule has 3 atom stereocenters. The van der Waals surface area contributed by atoms with Crippen LogP contribution in [0.2, 0.25) is 0 Å². The molecular weight excluding hydrogens is 571 g/mol. The predicted molar refractivity (Wildman–Crippen MR) is 157 cm³/mol. The van der Waals surface area contributed by atoms with E-state index in [1.165, 1.54) is 6.07 Å². The Hall–Kier alpha value is -3.92. The highest BCUT2D eigenvalue weighted by Gasteiger charge is 2.59. The summed E-state index contributed by atoms with van der Waals surface area (Å²) in [6, 6.07) is 11.4. The molecule has 4 heterocycles. The highest BCUT2D eigenvalue weighted by Crippen LogP contribution is 2.60. The number of ether oxygens (including phenoxy) is 2. The first-order valence-corrected chi connectivity index (χ1v) is 15.4. The van der Waals surface area contributed by atoms with Gasteiger partial charge in [0, 0.05) is 47.6 Å². The number of amides is 1. The fourth-order valence-corrected chi connectivity index (χ4v) is 7.08. The fraction of sp³-hybridized carbons (Fsp3) is 0.441. The van der Waals surface area contributed by atoms with Gasteiger partial charge in [0.2, 0.25) is 5.91 Å². The van der Waals surface area contributed by atoms with Crippen LogP contribution in [0.3, 0.4) is 0 Å². The van der Waals surface area contributed by atoms with Crippen LogP contribution in [0.25, 0.3) is 0 Å². The van der Waals surface area contributed by atoms with E-state index in [-0.39, 0.29) is 53.1 Å². The first-order valence-electron chi connectivity index (χ1n) is 15.4. The summed E-state index contributed by atoms with van der Waals surface area (Å²) in [4.78, 5) is 31.6. The van der Waals surface area contributed by atoms with Gasteiger partial charge in [0.25, 0.3) is 0 Å². The monoisotopic (exact) mass is 605 g/mol. The summed E-state index contributed by atoms with van der Waals surface area (Å²) in [5.41, 5.74) is 1.44. The van der Waals surface area contributed by atoms with Gasteiger partial charge < -0.3 is 19.7 Å². The Kier molecular flexibility index (Phi) is 7.35. The van der Waals surface area contributed by atoms with E-state index in [1.807, 2.05) is 18.2 Å². The summed E-state index contributed by atoms with van der Waals surface area (Å²) < 4.78 is 54.6. The third-order valence-electron chi connectivity index (χ3n) is 9.62. The molecule has 1 N–H and O–H groups in total. The van der Waals surface area contributed by atoms with Gasteiger partial charge in [-0.2, -0.15) is 13.2 Å². The van der Waals surface area contributed by atoms with E-state index in [0.29, 0.717) is 36.6 Å². The van der Waals surface area contributed by atoms with Gasteiger partial charge in [-0.1, -0.05) is 19.1 Å². The van der Waals surface area contributed by atoms with Gasteiger partial charge in [-0.25, -0.2) is 4.98 Å². The summed E-state index contributed by atoms with van der Waals surface area (Å²) in [5.74, 6) is 2.15. The zero-order valence-corrected chi connectivity index (χ0v) is 24.5. The number of hydrogen-bond acceptors (Lipinski definition) is 6. The lowest BCUT2D eigenvalue weighted by atomic mass is 9.87. The van der Waals surface area contributed by atoms with E-state index < -0.39 is 11.7 Å². The lowest BCUT2D eigenvalue weighted by Gasteiger charge is -2.31. The Bertz CT molecular complexity index is 1620. The van der Waals surface area contributed by atoms with Gasteiger partial charge >= 0.3 is 6.18 Å². The number of Topliss-reactive ketones (excluding diaryl/α,β-unsaturated/α-hetero) is 1. The van der Waals surface area contributed by atoms with Crippen molar-refractivity contribution >= 4 is 17.5 Å². The first kappa shape index (κ1) is 28.8. The molecule has 1 saturated carbocycles. The van der Waals surface area contributed by atoms with Crippen molar-refractivity contribution in [1.82, 2.24) is 9.88 Å². The molecular formula is C34H34F3N3O4. The normalized spacial score (nSPS) is 22.8. The van der Waals surface area contributed by atoms with Crippen LogP contribution >= 0.6 is 0 Å². The first-order chi connectivity index (χ1) is 21.2. The number of pyridine rings is 1. The molecule has 1 amide bonds. The number of alkyl halides is 3. The zero-order valence-electron chi connectivity index (χ0n) is 24.5. The van der Waals surface area contributed by atoms with E-state index in [1.54, 1.807) is 18.3 Å². The maximum absolute atomic E-state index is 14.1. The number of fused-ring (bicyclic) bond motifs is 4. The summed E-state index contributed by atoms with van der Waals surface area (Å²) in [7, 11) is 0.